The fourth-order valence-electron chi connectivity index (χ4n) is 3.37. The van der Waals surface area contributed by atoms with Crippen molar-refractivity contribution in [2.45, 2.75) is 38.1 Å². The molecule has 130 valence electrons. The van der Waals surface area contributed by atoms with Crippen LogP contribution >= 0.6 is 11.6 Å². The number of nitrogen functional groups attached to an aromatic ring is 1. The second kappa shape index (κ2) is 8.94. The number of rotatable bonds is 4. The van der Waals surface area contributed by atoms with E-state index < -0.39 is 0 Å². The van der Waals surface area contributed by atoms with Gasteiger partial charge in [0.15, 0.2) is 0 Å². The van der Waals surface area contributed by atoms with E-state index in [0.29, 0.717) is 12.0 Å². The number of piperidine rings is 1. The highest BCUT2D eigenvalue weighted by Crippen LogP contribution is 2.19. The molecule has 1 saturated heterocycles. The van der Waals surface area contributed by atoms with Crippen LogP contribution in [0.15, 0.2) is 48.5 Å². The Kier molecular flexibility index (Phi) is 6.39. The van der Waals surface area contributed by atoms with E-state index in [4.69, 9.17) is 17.3 Å². The van der Waals surface area contributed by atoms with Gasteiger partial charge in [-0.05, 0) is 67.6 Å². The zero-order valence-electron chi connectivity index (χ0n) is 14.5. The van der Waals surface area contributed by atoms with E-state index in [0.717, 1.165) is 49.4 Å². The molecule has 0 aromatic heterocycles. The van der Waals surface area contributed by atoms with E-state index in [1.807, 2.05) is 30.3 Å². The fourth-order valence-corrected chi connectivity index (χ4v) is 3.50. The van der Waals surface area contributed by atoms with Gasteiger partial charge in [-0.15, -0.1) is 5.92 Å². The monoisotopic (exact) mass is 352 g/mol. The zero-order chi connectivity index (χ0) is 17.5. The van der Waals surface area contributed by atoms with Crippen LogP contribution in [0.1, 0.15) is 30.4 Å². The first-order chi connectivity index (χ1) is 12.2. The third-order valence-corrected chi connectivity index (χ3v) is 4.94. The predicted octanol–water partition coefficient (Wildman–Crippen LogP) is 4.47. The Morgan fingerprint density at radius 2 is 1.96 bits per heavy atom. The molecule has 2 aromatic rings. The molecular formula is C22H25ClN2. The smallest absolute Gasteiger partial charge is 0.0406 e. The highest BCUT2D eigenvalue weighted by atomic mass is 35.5. The number of hydrogen-bond donors (Lipinski definition) is 2. The van der Waals surface area contributed by atoms with Crippen molar-refractivity contribution in [1.82, 2.24) is 5.32 Å². The zero-order valence-corrected chi connectivity index (χ0v) is 15.2. The average Bonchev–Trinajstić information content (AvgIpc) is 2.61. The second-order valence-corrected chi connectivity index (χ2v) is 7.21. The molecule has 0 radical (unpaired) electrons. The van der Waals surface area contributed by atoms with Gasteiger partial charge in [0.2, 0.25) is 0 Å². The van der Waals surface area contributed by atoms with Crippen molar-refractivity contribution in [1.29, 1.82) is 0 Å². The van der Waals surface area contributed by atoms with Gasteiger partial charge in [-0.2, -0.15) is 0 Å². The van der Waals surface area contributed by atoms with Gasteiger partial charge >= 0.3 is 0 Å². The van der Waals surface area contributed by atoms with Crippen molar-refractivity contribution >= 4 is 17.3 Å². The van der Waals surface area contributed by atoms with E-state index in [2.05, 4.69) is 35.4 Å². The Bertz CT molecular complexity index is 743. The van der Waals surface area contributed by atoms with Gasteiger partial charge in [0, 0.05) is 29.1 Å². The van der Waals surface area contributed by atoms with Gasteiger partial charge in [0.05, 0.1) is 0 Å². The first kappa shape index (κ1) is 17.9. The topological polar surface area (TPSA) is 38.0 Å². The van der Waals surface area contributed by atoms with Crippen molar-refractivity contribution in [3.05, 3.63) is 64.7 Å². The Hall–Kier alpha value is -1.95. The van der Waals surface area contributed by atoms with E-state index in [1.165, 1.54) is 11.1 Å². The lowest BCUT2D eigenvalue weighted by molar-refractivity contribution is 0.349. The number of hydrogen-bond acceptors (Lipinski definition) is 2. The number of aryl methyl sites for hydroxylation is 1. The molecule has 1 fully saturated rings. The molecule has 3 rings (SSSR count). The van der Waals surface area contributed by atoms with Crippen LogP contribution in [0, 0.1) is 17.8 Å². The summed E-state index contributed by atoms with van der Waals surface area (Å²) >= 11 is 5.96. The molecule has 0 spiro atoms. The summed E-state index contributed by atoms with van der Waals surface area (Å²) in [6.45, 7) is 1.05. The third kappa shape index (κ3) is 5.81. The SMILES string of the molecule is Nc1cccc(CCC#CC2CCNC(Cc3ccc(Cl)cc3)C2)c1. The third-order valence-electron chi connectivity index (χ3n) is 4.69. The molecule has 0 saturated carbocycles. The summed E-state index contributed by atoms with van der Waals surface area (Å²) in [4.78, 5) is 0. The first-order valence-electron chi connectivity index (χ1n) is 8.99. The van der Waals surface area contributed by atoms with Crippen LogP contribution in [0.5, 0.6) is 0 Å². The Morgan fingerprint density at radius 1 is 1.12 bits per heavy atom. The summed E-state index contributed by atoms with van der Waals surface area (Å²) in [6, 6.07) is 16.7. The number of halogens is 1. The van der Waals surface area contributed by atoms with Crippen molar-refractivity contribution in [3.63, 3.8) is 0 Å². The molecule has 1 aliphatic rings. The Labute approximate surface area is 155 Å². The fraction of sp³-hybridized carbons (Fsp3) is 0.364. The van der Waals surface area contributed by atoms with Crippen LogP contribution in [0.3, 0.4) is 0 Å². The van der Waals surface area contributed by atoms with E-state index >= 15 is 0 Å². The average molecular weight is 353 g/mol. The number of nitrogens with two attached hydrogens (primary N) is 1. The lowest BCUT2D eigenvalue weighted by atomic mass is 9.89. The molecule has 1 aliphatic heterocycles. The second-order valence-electron chi connectivity index (χ2n) is 6.77. The van der Waals surface area contributed by atoms with Gasteiger partial charge in [-0.3, -0.25) is 0 Å². The van der Waals surface area contributed by atoms with Crippen LogP contribution < -0.4 is 11.1 Å². The quantitative estimate of drug-likeness (QED) is 0.629. The summed E-state index contributed by atoms with van der Waals surface area (Å²) in [5.41, 5.74) is 9.24. The van der Waals surface area contributed by atoms with Crippen LogP contribution in [0.4, 0.5) is 5.69 Å². The molecule has 0 aliphatic carbocycles. The predicted molar refractivity (Wildman–Crippen MR) is 107 cm³/mol. The standard InChI is InChI=1S/C22H25ClN2/c23-20-10-8-19(9-11-20)16-22-15-18(12-13-25-22)5-2-1-4-17-6-3-7-21(24)14-17/h3,6-11,14,18,22,25H,1,4,12-13,15-16,24H2. The van der Waals surface area contributed by atoms with Crippen LogP contribution in [0.2, 0.25) is 5.02 Å². The number of nitrogens with one attached hydrogen (secondary N) is 1. The number of anilines is 1. The summed E-state index contributed by atoms with van der Waals surface area (Å²) in [7, 11) is 0. The molecule has 0 bridgehead atoms. The minimum atomic E-state index is 0.499. The van der Waals surface area contributed by atoms with Gasteiger partial charge in [-0.25, -0.2) is 0 Å². The molecule has 2 unspecified atom stereocenters. The van der Waals surface area contributed by atoms with E-state index in [1.54, 1.807) is 0 Å². The highest BCUT2D eigenvalue weighted by molar-refractivity contribution is 6.30. The minimum Gasteiger partial charge on any atom is -0.399 e. The van der Waals surface area contributed by atoms with Gasteiger partial charge in [0.1, 0.15) is 0 Å². The largest absolute Gasteiger partial charge is 0.399 e. The molecular weight excluding hydrogens is 328 g/mol. The molecule has 2 aromatic carbocycles. The normalized spacial score (nSPS) is 19.9. The van der Waals surface area contributed by atoms with Gasteiger partial charge < -0.3 is 11.1 Å². The lowest BCUT2D eigenvalue weighted by Gasteiger charge is -2.27. The summed E-state index contributed by atoms with van der Waals surface area (Å²) in [5.74, 6) is 7.37. The highest BCUT2D eigenvalue weighted by Gasteiger charge is 2.20. The minimum absolute atomic E-state index is 0.499. The molecule has 3 heteroatoms. The lowest BCUT2D eigenvalue weighted by Crippen LogP contribution is -2.39. The summed E-state index contributed by atoms with van der Waals surface area (Å²) in [5, 5.41) is 4.42. The van der Waals surface area contributed by atoms with Crippen LogP contribution in [-0.2, 0) is 12.8 Å². The summed E-state index contributed by atoms with van der Waals surface area (Å²) in [6.07, 6.45) is 5.17. The van der Waals surface area contributed by atoms with Gasteiger partial charge in [-0.1, -0.05) is 41.8 Å². The van der Waals surface area contributed by atoms with E-state index in [-0.39, 0.29) is 0 Å². The maximum atomic E-state index is 5.96. The van der Waals surface area contributed by atoms with Crippen molar-refractivity contribution in [2.75, 3.05) is 12.3 Å². The molecule has 2 nitrogen and oxygen atoms in total. The maximum Gasteiger partial charge on any atom is 0.0406 e. The molecule has 1 heterocycles. The van der Waals surface area contributed by atoms with Crippen LogP contribution in [0.25, 0.3) is 0 Å². The molecule has 3 N–H and O–H groups in total. The van der Waals surface area contributed by atoms with Crippen LogP contribution in [-0.4, -0.2) is 12.6 Å². The van der Waals surface area contributed by atoms with Crippen molar-refractivity contribution < 1.29 is 0 Å². The first-order valence-corrected chi connectivity index (χ1v) is 9.37. The summed E-state index contributed by atoms with van der Waals surface area (Å²) < 4.78 is 0. The molecule has 25 heavy (non-hydrogen) atoms. The van der Waals surface area contributed by atoms with Crippen molar-refractivity contribution in [2.24, 2.45) is 5.92 Å². The number of benzene rings is 2. The maximum absolute atomic E-state index is 5.96. The van der Waals surface area contributed by atoms with Gasteiger partial charge in [0.25, 0.3) is 0 Å². The Morgan fingerprint density at radius 3 is 2.76 bits per heavy atom. The van der Waals surface area contributed by atoms with E-state index in [9.17, 15) is 0 Å². The molecule has 2 atom stereocenters. The Balaban J connectivity index is 1.47. The molecule has 0 amide bonds. The van der Waals surface area contributed by atoms with Crippen molar-refractivity contribution in [3.8, 4) is 11.8 Å².